The first-order valence-electron chi connectivity index (χ1n) is 22.0. The molecule has 9 nitrogen and oxygen atoms in total. The Kier molecular flexibility index (Phi) is 16.5. The number of hydrogen-bond donors (Lipinski definition) is 0. The van der Waals surface area contributed by atoms with Gasteiger partial charge in [-0.25, -0.2) is 8.78 Å². The van der Waals surface area contributed by atoms with Crippen LogP contribution in [0.25, 0.3) is 0 Å². The van der Waals surface area contributed by atoms with Crippen molar-refractivity contribution in [3.63, 3.8) is 0 Å². The molecule has 0 bridgehead atoms. The van der Waals surface area contributed by atoms with Gasteiger partial charge in [-0.1, -0.05) is 48.5 Å². The van der Waals surface area contributed by atoms with E-state index in [-0.39, 0.29) is 94.2 Å². The fourth-order valence-electron chi connectivity index (χ4n) is 10.1. The Morgan fingerprint density at radius 3 is 2.34 bits per heavy atom. The molecule has 2 fully saturated rings. The molecule has 8 rings (SSSR count). The first-order valence-corrected chi connectivity index (χ1v) is 22.0. The van der Waals surface area contributed by atoms with Crippen molar-refractivity contribution in [2.24, 2.45) is 10.9 Å². The van der Waals surface area contributed by atoms with Crippen LogP contribution in [-0.4, -0.2) is 113 Å². The van der Waals surface area contributed by atoms with E-state index >= 15 is 0 Å². The number of amides is 2. The Balaban J connectivity index is 0.00000311. The van der Waals surface area contributed by atoms with Crippen LogP contribution in [0.3, 0.4) is 0 Å². The average Bonchev–Trinajstić information content (AvgIpc) is 3.86. The molecule has 0 unspecified atom stereocenters. The van der Waals surface area contributed by atoms with E-state index in [1.54, 1.807) is 12.1 Å². The van der Waals surface area contributed by atoms with E-state index in [0.717, 1.165) is 96.3 Å². The number of ketones is 1. The number of hydrogen-bond acceptors (Lipinski definition) is 8. The summed E-state index contributed by atoms with van der Waals surface area (Å²) in [4.78, 5) is 58.5. The Morgan fingerprint density at radius 2 is 1.62 bits per heavy atom. The number of carbonyl (C=O) groups excluding carboxylic acids is 3. The number of unbranched alkanes of at least 4 members (excludes halogenated alkanes) is 1. The second-order valence-corrected chi connectivity index (χ2v) is 17.4. The van der Waals surface area contributed by atoms with E-state index in [9.17, 15) is 23.2 Å². The van der Waals surface area contributed by atoms with Gasteiger partial charge in [0.15, 0.2) is 0 Å². The van der Waals surface area contributed by atoms with Gasteiger partial charge in [0.25, 0.3) is 11.8 Å². The van der Waals surface area contributed by atoms with E-state index in [1.807, 2.05) is 55.0 Å². The van der Waals surface area contributed by atoms with Crippen LogP contribution in [0.2, 0.25) is 0 Å². The Morgan fingerprint density at radius 1 is 0.885 bits per heavy atom. The fourth-order valence-corrected chi connectivity index (χ4v) is 10.1. The zero-order valence-electron chi connectivity index (χ0n) is 35.2. The Bertz CT molecular complexity index is 1990. The lowest BCUT2D eigenvalue weighted by Gasteiger charge is -2.45. The predicted molar refractivity (Wildman–Crippen MR) is 247 cm³/mol. The zero-order chi connectivity index (χ0) is 40.8. The number of aromatic nitrogens is 1. The topological polar surface area (TPSA) is 89.4 Å². The highest BCUT2D eigenvalue weighted by Gasteiger charge is 2.39. The molecule has 0 radical (unpaired) electrons. The van der Waals surface area contributed by atoms with E-state index < -0.39 is 5.92 Å². The second kappa shape index (κ2) is 21.6. The first-order chi connectivity index (χ1) is 28.7. The third kappa shape index (κ3) is 11.4. The molecule has 5 aliphatic rings. The number of piperazine rings is 1. The molecule has 4 heterocycles. The number of carbonyl (C=O) groups is 3. The van der Waals surface area contributed by atoms with Crippen LogP contribution >= 0.6 is 27.0 Å². The number of alkyl halides is 2. The minimum atomic E-state index is -2.65. The molecule has 2 amide bonds. The lowest BCUT2D eigenvalue weighted by atomic mass is 9.79. The summed E-state index contributed by atoms with van der Waals surface area (Å²) in [6, 6.07) is 22.0. The highest BCUT2D eigenvalue weighted by atomic mass is 32.1. The van der Waals surface area contributed by atoms with Crippen molar-refractivity contribution < 1.29 is 23.2 Å². The van der Waals surface area contributed by atoms with Crippen LogP contribution < -0.4 is 0 Å². The number of aryl methyl sites for hydroxylation is 1. The van der Waals surface area contributed by atoms with Crippen LogP contribution in [0.4, 0.5) is 8.78 Å². The molecule has 328 valence electrons. The molecule has 3 aliphatic heterocycles. The van der Waals surface area contributed by atoms with Gasteiger partial charge in [0.2, 0.25) is 5.92 Å². The summed E-state index contributed by atoms with van der Waals surface area (Å²) in [6.07, 6.45) is 12.9. The summed E-state index contributed by atoms with van der Waals surface area (Å²) in [5.41, 5.74) is 5.94. The number of pyridine rings is 1. The summed E-state index contributed by atoms with van der Waals surface area (Å²) in [5.74, 6) is -3.16. The highest BCUT2D eigenvalue weighted by Crippen LogP contribution is 2.39. The van der Waals surface area contributed by atoms with Crippen molar-refractivity contribution in [1.82, 2.24) is 24.6 Å². The molecule has 2 aliphatic carbocycles. The van der Waals surface area contributed by atoms with Gasteiger partial charge in [0, 0.05) is 95.5 Å². The van der Waals surface area contributed by atoms with Gasteiger partial charge in [-0.2, -0.15) is 27.0 Å². The fraction of sp³-hybridized carbons (Fsp3) is 0.521. The molecular weight excluding hydrogens is 811 g/mol. The van der Waals surface area contributed by atoms with Crippen molar-refractivity contribution in [2.45, 2.75) is 101 Å². The van der Waals surface area contributed by atoms with E-state index in [4.69, 9.17) is 4.98 Å². The lowest BCUT2D eigenvalue weighted by molar-refractivity contribution is -0.127. The summed E-state index contributed by atoms with van der Waals surface area (Å²) in [6.45, 7) is 6.51. The molecular formula is C48H62F2N6O3S2. The molecule has 1 aromatic heterocycles. The second-order valence-electron chi connectivity index (χ2n) is 17.4. The normalized spacial score (nSPS) is 22.0. The lowest BCUT2D eigenvalue weighted by Crippen LogP contribution is -2.58. The number of Topliss-reactive ketones (excluding diaryl/α,β-unsaturated/α-hetero) is 1. The third-order valence-electron chi connectivity index (χ3n) is 13.5. The van der Waals surface area contributed by atoms with Crippen molar-refractivity contribution in [1.29, 1.82) is 0 Å². The molecule has 1 saturated heterocycles. The maximum atomic E-state index is 14.0. The third-order valence-corrected chi connectivity index (χ3v) is 13.5. The van der Waals surface area contributed by atoms with Crippen LogP contribution in [0.15, 0.2) is 89.7 Å². The van der Waals surface area contributed by atoms with Gasteiger partial charge < -0.3 is 4.90 Å². The first kappa shape index (κ1) is 46.7. The maximum absolute atomic E-state index is 14.0. The predicted octanol–water partition coefficient (Wildman–Crippen LogP) is 8.37. The van der Waals surface area contributed by atoms with Crippen LogP contribution in [0.5, 0.6) is 0 Å². The largest absolute Gasteiger partial charge is 0.300 e. The maximum Gasteiger partial charge on any atom is 0.261 e. The number of rotatable bonds is 17. The molecule has 0 N–H and O–H groups in total. The summed E-state index contributed by atoms with van der Waals surface area (Å²) < 4.78 is 27.9. The minimum absolute atomic E-state index is 0. The van der Waals surface area contributed by atoms with E-state index in [2.05, 4.69) is 37.9 Å². The van der Waals surface area contributed by atoms with E-state index in [0.29, 0.717) is 24.1 Å². The number of fused-ring (bicyclic) bond motifs is 2. The standard InChI is InChI=1S/C48H58F2N6O3.2H2S/c49-48(50)21-17-37(18-22-48)44(57)30-39(36-10-2-1-3-11-36)20-27-53-28-29-54(32-35-19-24-51-31-35)40(33-53)34-55(43-16-8-12-38-13-9-23-52-45(38)43)25-6-7-26-56-46(58)41-14-4-5-15-42(41)47(56)59;;/h1-5,9-11,13-15,23-24,31,37,39-40,43H,6-8,12,16-22,25-30,32-34H2;2*1H2/t39-,40-,43+;;/m1../s1. The number of benzene rings is 2. The molecule has 0 spiro atoms. The smallest absolute Gasteiger partial charge is 0.261 e. The molecule has 1 saturated carbocycles. The van der Waals surface area contributed by atoms with Crippen molar-refractivity contribution in [3.05, 3.63) is 113 Å². The molecule has 61 heavy (non-hydrogen) atoms. The monoisotopic (exact) mass is 872 g/mol. The van der Waals surface area contributed by atoms with Crippen LogP contribution in [-0.2, 0) is 11.2 Å². The molecule has 3 aromatic rings. The summed E-state index contributed by atoms with van der Waals surface area (Å²) in [5, 5.41) is 0. The van der Waals surface area contributed by atoms with Gasteiger partial charge in [-0.15, -0.1) is 0 Å². The summed E-state index contributed by atoms with van der Waals surface area (Å²) >= 11 is 0. The van der Waals surface area contributed by atoms with E-state index in [1.165, 1.54) is 21.7 Å². The highest BCUT2D eigenvalue weighted by molar-refractivity contribution is 7.59. The van der Waals surface area contributed by atoms with Gasteiger partial charge >= 0.3 is 0 Å². The molecule has 2 aromatic carbocycles. The van der Waals surface area contributed by atoms with Crippen LogP contribution in [0, 0.1) is 5.92 Å². The van der Waals surface area contributed by atoms with Gasteiger partial charge in [0.05, 0.1) is 22.9 Å². The zero-order valence-corrected chi connectivity index (χ0v) is 37.2. The molecule has 13 heteroatoms. The number of halogens is 2. The van der Waals surface area contributed by atoms with Crippen LogP contribution in [0.1, 0.15) is 120 Å². The quantitative estimate of drug-likeness (QED) is 0.0996. The minimum Gasteiger partial charge on any atom is -0.300 e. The SMILES string of the molecule is O=C(C[C@@H](CCN1CCN(CC2=CN=CC2)[C@@H](CN(CCCCN2C(=O)c3ccccc3C2=O)[C@H]2CCCc3cccnc32)C1)c1ccccc1)C1CCC(F)(F)CC1.S.S. The Labute approximate surface area is 373 Å². The average molecular weight is 873 g/mol. The number of imide groups is 1. The van der Waals surface area contributed by atoms with Crippen molar-refractivity contribution in [3.8, 4) is 0 Å². The number of aliphatic imine (C=N–C) groups is 1. The Hall–Kier alpha value is -3.75. The van der Waals surface area contributed by atoms with Gasteiger partial charge in [0.1, 0.15) is 5.78 Å². The van der Waals surface area contributed by atoms with Crippen molar-refractivity contribution >= 4 is 50.8 Å². The van der Waals surface area contributed by atoms with Gasteiger partial charge in [-0.3, -0.25) is 39.1 Å². The van der Waals surface area contributed by atoms with Gasteiger partial charge in [-0.05, 0) is 105 Å². The summed E-state index contributed by atoms with van der Waals surface area (Å²) in [7, 11) is 0. The molecule has 3 atom stereocenters. The van der Waals surface area contributed by atoms with Crippen molar-refractivity contribution in [2.75, 3.05) is 52.4 Å². The number of nitrogens with zero attached hydrogens (tertiary/aromatic N) is 6.